The number of rotatable bonds is 5. The Labute approximate surface area is 167 Å². The van der Waals surface area contributed by atoms with E-state index in [-0.39, 0.29) is 18.2 Å². The molecule has 1 heterocycles. The molecule has 0 radical (unpaired) electrons. The molecule has 1 aliphatic heterocycles. The second-order valence-corrected chi connectivity index (χ2v) is 7.49. The molecule has 2 aromatic rings. The zero-order valence-electron chi connectivity index (χ0n) is 15.7. The number of hydrogen-bond acceptors (Lipinski definition) is 3. The molecule has 0 aromatic heterocycles. The van der Waals surface area contributed by atoms with Gasteiger partial charge in [0, 0.05) is 23.1 Å². The number of nitrogens with zero attached hydrogens (tertiary/aromatic N) is 1. The highest BCUT2D eigenvalue weighted by molar-refractivity contribution is 9.10. The molecule has 5 nitrogen and oxygen atoms in total. The fourth-order valence-electron chi connectivity index (χ4n) is 3.23. The molecule has 1 fully saturated rings. The van der Waals surface area contributed by atoms with Gasteiger partial charge < -0.3 is 15.0 Å². The molecule has 2 aromatic carbocycles. The third-order valence-corrected chi connectivity index (χ3v) is 5.79. The fraction of sp³-hybridized carbons (Fsp3) is 0.333. The number of para-hydroxylation sites is 2. The first-order chi connectivity index (χ1) is 12.9. The van der Waals surface area contributed by atoms with E-state index >= 15 is 0 Å². The van der Waals surface area contributed by atoms with Crippen LogP contribution in [0.15, 0.2) is 40.9 Å². The van der Waals surface area contributed by atoms with Gasteiger partial charge in [-0.2, -0.15) is 0 Å². The molecular weight excluding hydrogens is 408 g/mol. The van der Waals surface area contributed by atoms with Gasteiger partial charge in [-0.1, -0.05) is 28.1 Å². The molecule has 142 valence electrons. The summed E-state index contributed by atoms with van der Waals surface area (Å²) in [7, 11) is 0. The van der Waals surface area contributed by atoms with E-state index in [9.17, 15) is 9.59 Å². The molecule has 1 saturated heterocycles. The van der Waals surface area contributed by atoms with Crippen molar-refractivity contribution in [1.82, 2.24) is 0 Å². The van der Waals surface area contributed by atoms with E-state index in [1.165, 1.54) is 0 Å². The van der Waals surface area contributed by atoms with Crippen molar-refractivity contribution < 1.29 is 14.3 Å². The lowest BCUT2D eigenvalue weighted by atomic mass is 10.1. The number of carbonyl (C=O) groups is 2. The van der Waals surface area contributed by atoms with Crippen LogP contribution in [0.5, 0.6) is 5.75 Å². The minimum Gasteiger partial charge on any atom is -0.492 e. The van der Waals surface area contributed by atoms with Crippen LogP contribution in [-0.2, 0) is 9.59 Å². The van der Waals surface area contributed by atoms with Crippen molar-refractivity contribution >= 4 is 39.1 Å². The molecule has 1 aliphatic rings. The van der Waals surface area contributed by atoms with Crippen molar-refractivity contribution in [3.8, 4) is 5.75 Å². The van der Waals surface area contributed by atoms with Gasteiger partial charge in [-0.3, -0.25) is 9.59 Å². The number of anilines is 2. The molecule has 0 spiro atoms. The van der Waals surface area contributed by atoms with E-state index < -0.39 is 5.92 Å². The molecule has 3 rings (SSSR count). The number of amides is 2. The molecule has 6 heteroatoms. The van der Waals surface area contributed by atoms with Crippen molar-refractivity contribution in [2.24, 2.45) is 5.92 Å². The molecule has 1 atom stereocenters. The summed E-state index contributed by atoms with van der Waals surface area (Å²) in [5.74, 6) is 0.0693. The zero-order valence-corrected chi connectivity index (χ0v) is 17.3. The van der Waals surface area contributed by atoms with E-state index in [0.717, 1.165) is 27.0 Å². The Kier molecular flexibility index (Phi) is 5.85. The Bertz CT molecular complexity index is 882. The highest BCUT2D eigenvalue weighted by Gasteiger charge is 2.36. The first-order valence-corrected chi connectivity index (χ1v) is 9.80. The third-order valence-electron chi connectivity index (χ3n) is 4.93. The summed E-state index contributed by atoms with van der Waals surface area (Å²) in [4.78, 5) is 27.0. The van der Waals surface area contributed by atoms with Gasteiger partial charge in [0.05, 0.1) is 18.2 Å². The summed E-state index contributed by atoms with van der Waals surface area (Å²) in [6, 6.07) is 11.2. The standard InChI is InChI=1S/C21H23BrN2O3/c1-4-27-19-8-6-5-7-18(19)24-12-15(11-20(24)25)21(26)23-17-10-9-16(22)13(2)14(17)3/h5-10,15H,4,11-12H2,1-3H3,(H,23,26)/t15-/m1/s1. The number of carbonyl (C=O) groups excluding carboxylic acids is 2. The SMILES string of the molecule is CCOc1ccccc1N1C[C@H](C(=O)Nc2ccc(Br)c(C)c2C)CC1=O. The predicted octanol–water partition coefficient (Wildman–Crippen LogP) is 4.46. The van der Waals surface area contributed by atoms with Gasteiger partial charge in [-0.15, -0.1) is 0 Å². The summed E-state index contributed by atoms with van der Waals surface area (Å²) in [6.45, 7) is 6.75. The summed E-state index contributed by atoms with van der Waals surface area (Å²) in [6.07, 6.45) is 0.195. The lowest BCUT2D eigenvalue weighted by Crippen LogP contribution is -2.28. The van der Waals surface area contributed by atoms with Crippen molar-refractivity contribution in [1.29, 1.82) is 0 Å². The maximum atomic E-state index is 12.8. The minimum atomic E-state index is -0.393. The number of benzene rings is 2. The first kappa shape index (κ1) is 19.4. The van der Waals surface area contributed by atoms with Crippen LogP contribution in [0.3, 0.4) is 0 Å². The smallest absolute Gasteiger partial charge is 0.229 e. The zero-order chi connectivity index (χ0) is 19.6. The van der Waals surface area contributed by atoms with Gasteiger partial charge in [0.1, 0.15) is 5.75 Å². The maximum absolute atomic E-state index is 12.8. The van der Waals surface area contributed by atoms with E-state index in [1.54, 1.807) is 4.90 Å². The summed E-state index contributed by atoms with van der Waals surface area (Å²) in [5, 5.41) is 2.98. The topological polar surface area (TPSA) is 58.6 Å². The van der Waals surface area contributed by atoms with Gasteiger partial charge in [-0.05, 0) is 56.2 Å². The minimum absolute atomic E-state index is 0.0639. The van der Waals surface area contributed by atoms with Gasteiger partial charge >= 0.3 is 0 Å². The van der Waals surface area contributed by atoms with E-state index in [1.807, 2.05) is 57.2 Å². The fourth-order valence-corrected chi connectivity index (χ4v) is 3.66. The van der Waals surface area contributed by atoms with Crippen LogP contribution in [0, 0.1) is 19.8 Å². The molecule has 0 unspecified atom stereocenters. The van der Waals surface area contributed by atoms with Crippen molar-refractivity contribution in [2.45, 2.75) is 27.2 Å². The number of hydrogen-bond donors (Lipinski definition) is 1. The average Bonchev–Trinajstić information content (AvgIpc) is 3.04. The quantitative estimate of drug-likeness (QED) is 0.761. The first-order valence-electron chi connectivity index (χ1n) is 9.01. The van der Waals surface area contributed by atoms with Gasteiger partial charge in [0.25, 0.3) is 0 Å². The van der Waals surface area contributed by atoms with Crippen LogP contribution in [0.4, 0.5) is 11.4 Å². The van der Waals surface area contributed by atoms with Gasteiger partial charge in [-0.25, -0.2) is 0 Å². The van der Waals surface area contributed by atoms with Gasteiger partial charge in [0.2, 0.25) is 11.8 Å². The second-order valence-electron chi connectivity index (χ2n) is 6.64. The van der Waals surface area contributed by atoms with Crippen molar-refractivity contribution in [2.75, 3.05) is 23.4 Å². The Morgan fingerprint density at radius 3 is 2.70 bits per heavy atom. The number of halogens is 1. The predicted molar refractivity (Wildman–Crippen MR) is 110 cm³/mol. The Morgan fingerprint density at radius 2 is 1.96 bits per heavy atom. The molecule has 0 aliphatic carbocycles. The molecule has 27 heavy (non-hydrogen) atoms. The summed E-state index contributed by atoms with van der Waals surface area (Å²) < 4.78 is 6.64. The Balaban J connectivity index is 1.76. The highest BCUT2D eigenvalue weighted by atomic mass is 79.9. The van der Waals surface area contributed by atoms with Gasteiger partial charge in [0.15, 0.2) is 0 Å². The Hall–Kier alpha value is -2.34. The largest absolute Gasteiger partial charge is 0.492 e. The molecule has 1 N–H and O–H groups in total. The molecule has 0 saturated carbocycles. The van der Waals surface area contributed by atoms with E-state index in [2.05, 4.69) is 21.2 Å². The summed E-state index contributed by atoms with van der Waals surface area (Å²) >= 11 is 3.50. The normalized spacial score (nSPS) is 16.5. The molecule has 2 amide bonds. The van der Waals surface area contributed by atoms with Crippen LogP contribution in [0.25, 0.3) is 0 Å². The average molecular weight is 431 g/mol. The number of ether oxygens (including phenoxy) is 1. The van der Waals surface area contributed by atoms with Crippen LogP contribution < -0.4 is 15.0 Å². The third kappa shape index (κ3) is 4.00. The Morgan fingerprint density at radius 1 is 1.22 bits per heavy atom. The van der Waals surface area contributed by atoms with Crippen molar-refractivity contribution in [3.05, 3.63) is 52.0 Å². The lowest BCUT2D eigenvalue weighted by molar-refractivity contribution is -0.122. The van der Waals surface area contributed by atoms with E-state index in [0.29, 0.717) is 18.9 Å². The number of nitrogens with one attached hydrogen (secondary N) is 1. The monoisotopic (exact) mass is 430 g/mol. The van der Waals surface area contributed by atoms with E-state index in [4.69, 9.17) is 4.74 Å². The molecule has 0 bridgehead atoms. The summed E-state index contributed by atoms with van der Waals surface area (Å²) in [5.41, 5.74) is 3.60. The van der Waals surface area contributed by atoms with Crippen LogP contribution in [0.2, 0.25) is 0 Å². The maximum Gasteiger partial charge on any atom is 0.229 e. The van der Waals surface area contributed by atoms with Crippen LogP contribution in [0.1, 0.15) is 24.5 Å². The second kappa shape index (κ2) is 8.13. The lowest BCUT2D eigenvalue weighted by Gasteiger charge is -2.20. The van der Waals surface area contributed by atoms with Crippen LogP contribution in [-0.4, -0.2) is 25.0 Å². The highest BCUT2D eigenvalue weighted by Crippen LogP contribution is 2.34. The van der Waals surface area contributed by atoms with Crippen LogP contribution >= 0.6 is 15.9 Å². The van der Waals surface area contributed by atoms with Crippen molar-refractivity contribution in [3.63, 3.8) is 0 Å². The molecular formula is C21H23BrN2O3.